The summed E-state index contributed by atoms with van der Waals surface area (Å²) >= 11 is 2.20. The molecule has 13 heteroatoms. The number of nitrogens with zero attached hydrogens (tertiary/aromatic N) is 4. The normalized spacial score (nSPS) is 16.6. The maximum atomic E-state index is 13.0. The number of carbonyl (C=O) groups is 1. The van der Waals surface area contributed by atoms with Crippen LogP contribution in [-0.4, -0.2) is 40.2 Å². The minimum Gasteiger partial charge on any atom is -0.493 e. The molecule has 2 heterocycles. The summed E-state index contributed by atoms with van der Waals surface area (Å²) in [5.74, 6) is -0.640. The molecule has 0 aliphatic carbocycles. The van der Waals surface area contributed by atoms with E-state index < -0.39 is 23.0 Å². The first kappa shape index (κ1) is 24.7. The van der Waals surface area contributed by atoms with Gasteiger partial charge in [-0.1, -0.05) is 18.2 Å². The van der Waals surface area contributed by atoms with Crippen molar-refractivity contribution < 1.29 is 27.4 Å². The van der Waals surface area contributed by atoms with Gasteiger partial charge >= 0.3 is 6.18 Å². The highest BCUT2D eigenvalue weighted by molar-refractivity contribution is 14.1. The van der Waals surface area contributed by atoms with Gasteiger partial charge in [0.2, 0.25) is 10.2 Å². The summed E-state index contributed by atoms with van der Waals surface area (Å²) in [7, 11) is 1.43. The van der Waals surface area contributed by atoms with Crippen LogP contribution in [0.1, 0.15) is 16.7 Å². The van der Waals surface area contributed by atoms with Crippen LogP contribution in [0.15, 0.2) is 52.1 Å². The van der Waals surface area contributed by atoms with Crippen molar-refractivity contribution in [3.05, 3.63) is 62.2 Å². The molecule has 0 spiro atoms. The Morgan fingerprint density at radius 3 is 2.74 bits per heavy atom. The van der Waals surface area contributed by atoms with E-state index in [-0.39, 0.29) is 29.1 Å². The lowest BCUT2D eigenvalue weighted by Gasteiger charge is -2.20. The minimum atomic E-state index is -4.72. The largest absolute Gasteiger partial charge is 0.493 e. The number of hydrogen-bond donors (Lipinski definition) is 1. The Morgan fingerprint density at radius 2 is 2.06 bits per heavy atom. The predicted molar refractivity (Wildman–Crippen MR) is 132 cm³/mol. The van der Waals surface area contributed by atoms with Crippen LogP contribution < -0.4 is 9.47 Å². The number of carbonyl (C=O) groups excluding carboxylic acids is 1. The van der Waals surface area contributed by atoms with Gasteiger partial charge in [-0.15, -0.1) is 0 Å². The van der Waals surface area contributed by atoms with Crippen LogP contribution in [0.25, 0.3) is 6.08 Å². The molecule has 2 aliphatic rings. The number of fused-ring (bicyclic) bond motifs is 1. The van der Waals surface area contributed by atoms with Crippen molar-refractivity contribution in [2.45, 2.75) is 12.8 Å². The molecule has 0 saturated carbocycles. The molecule has 2 aliphatic heterocycles. The lowest BCUT2D eigenvalue weighted by Crippen LogP contribution is -2.35. The number of benzene rings is 2. The van der Waals surface area contributed by atoms with Crippen molar-refractivity contribution in [2.24, 2.45) is 10.1 Å². The van der Waals surface area contributed by atoms with Crippen LogP contribution in [0.3, 0.4) is 0 Å². The summed E-state index contributed by atoms with van der Waals surface area (Å²) in [5.41, 5.74) is 1.38. The Labute approximate surface area is 214 Å². The summed E-state index contributed by atoms with van der Waals surface area (Å²) in [6, 6.07) is 12.3. The van der Waals surface area contributed by atoms with Crippen LogP contribution in [-0.2, 0) is 11.4 Å². The first-order valence-electron chi connectivity index (χ1n) is 9.68. The van der Waals surface area contributed by atoms with Gasteiger partial charge < -0.3 is 9.47 Å². The van der Waals surface area contributed by atoms with Gasteiger partial charge in [0.1, 0.15) is 6.61 Å². The number of aliphatic imine (C=N–C) groups is 1. The van der Waals surface area contributed by atoms with E-state index in [1.54, 1.807) is 36.4 Å². The Balaban J connectivity index is 1.63. The first-order chi connectivity index (χ1) is 16.6. The molecule has 2 aromatic carbocycles. The molecule has 0 fully saturated rings. The van der Waals surface area contributed by atoms with Gasteiger partial charge in [0.15, 0.2) is 17.3 Å². The molecule has 4 rings (SSSR count). The third-order valence-electron chi connectivity index (χ3n) is 4.77. The topological polar surface area (TPSA) is 111 Å². The number of hydrazone groups is 1. The van der Waals surface area contributed by atoms with E-state index in [1.807, 2.05) is 22.6 Å². The number of nitriles is 1. The summed E-state index contributed by atoms with van der Waals surface area (Å²) < 4.78 is 50.9. The molecule has 35 heavy (non-hydrogen) atoms. The zero-order valence-corrected chi connectivity index (χ0v) is 20.7. The molecule has 0 unspecified atom stereocenters. The molecular formula is C22H13F3IN5O3S. The number of ether oxygens (including phenoxy) is 2. The van der Waals surface area contributed by atoms with Gasteiger partial charge in [-0.3, -0.25) is 10.2 Å². The average molecular weight is 611 g/mol. The third kappa shape index (κ3) is 5.03. The lowest BCUT2D eigenvalue weighted by atomic mass is 10.1. The summed E-state index contributed by atoms with van der Waals surface area (Å²) in [6.07, 6.45) is -3.39. The highest BCUT2D eigenvalue weighted by Gasteiger charge is 2.46. The fraction of sp³-hybridized carbons (Fsp3) is 0.136. The number of alkyl halides is 3. The monoisotopic (exact) mass is 611 g/mol. The number of thioether (sulfide) groups is 1. The zero-order valence-electron chi connectivity index (χ0n) is 17.7. The highest BCUT2D eigenvalue weighted by Crippen LogP contribution is 2.37. The van der Waals surface area contributed by atoms with Gasteiger partial charge in [0.05, 0.1) is 27.9 Å². The summed E-state index contributed by atoms with van der Waals surface area (Å²) in [5, 5.41) is 20.0. The van der Waals surface area contributed by atoms with Gasteiger partial charge in [-0.2, -0.15) is 33.5 Å². The van der Waals surface area contributed by atoms with Gasteiger partial charge in [0.25, 0.3) is 5.91 Å². The maximum absolute atomic E-state index is 13.0. The Hall–Kier alpha value is -3.38. The maximum Gasteiger partial charge on any atom is 0.441 e. The molecule has 0 atom stereocenters. The van der Waals surface area contributed by atoms with Crippen molar-refractivity contribution >= 4 is 62.4 Å². The van der Waals surface area contributed by atoms with Crippen LogP contribution in [0, 0.1) is 20.3 Å². The van der Waals surface area contributed by atoms with E-state index in [9.17, 15) is 23.2 Å². The van der Waals surface area contributed by atoms with Crippen molar-refractivity contribution in [3.8, 4) is 17.6 Å². The van der Waals surface area contributed by atoms with E-state index in [1.165, 1.54) is 13.2 Å². The van der Waals surface area contributed by atoms with Gasteiger partial charge in [-0.25, -0.2) is 0 Å². The Kier molecular flexibility index (Phi) is 6.86. The molecule has 0 radical (unpaired) electrons. The van der Waals surface area contributed by atoms with Crippen LogP contribution in [0.2, 0.25) is 0 Å². The second-order valence-electron chi connectivity index (χ2n) is 7.01. The fourth-order valence-corrected chi connectivity index (χ4v) is 4.68. The van der Waals surface area contributed by atoms with E-state index >= 15 is 0 Å². The number of methoxy groups -OCH3 is 1. The smallest absolute Gasteiger partial charge is 0.441 e. The molecule has 0 bridgehead atoms. The van der Waals surface area contributed by atoms with Gasteiger partial charge in [-0.05, 0) is 64.2 Å². The molecule has 178 valence electrons. The van der Waals surface area contributed by atoms with Crippen LogP contribution in [0.5, 0.6) is 11.5 Å². The summed E-state index contributed by atoms with van der Waals surface area (Å²) in [4.78, 5) is 16.1. The van der Waals surface area contributed by atoms with E-state index in [0.29, 0.717) is 36.8 Å². The molecule has 0 saturated heterocycles. The van der Waals surface area contributed by atoms with E-state index in [2.05, 4.69) is 16.2 Å². The van der Waals surface area contributed by atoms with Crippen LogP contribution in [0.4, 0.5) is 13.2 Å². The Morgan fingerprint density at radius 1 is 1.31 bits per heavy atom. The average Bonchev–Trinajstić information content (AvgIpc) is 3.25. The fourth-order valence-electron chi connectivity index (χ4n) is 3.14. The molecular weight excluding hydrogens is 598 g/mol. The standard InChI is InChI=1S/C22H13F3IN5O3S/c1-33-16-8-11(7-15(26)17(16)34-10-13-5-3-2-4-12(13)9-27)6-14-18(28)31-21(29-19(14)32)35-20(30-31)22(23,24)25/h2-8,28H,10H2,1H3/b14-6-,28-18?. The Bertz CT molecular complexity index is 1380. The SMILES string of the molecule is COc1cc(/C=C2/C(=N)N3N=C(C(F)(F)F)SC3=NC2=O)cc(I)c1OCc1ccccc1C#N. The molecule has 0 aromatic heterocycles. The molecule has 1 amide bonds. The summed E-state index contributed by atoms with van der Waals surface area (Å²) in [6.45, 7) is 0.114. The third-order valence-corrected chi connectivity index (χ3v) is 6.52. The number of halogens is 4. The van der Waals surface area contributed by atoms with E-state index in [4.69, 9.17) is 14.9 Å². The van der Waals surface area contributed by atoms with Gasteiger partial charge in [0, 0.05) is 5.56 Å². The van der Waals surface area contributed by atoms with Crippen molar-refractivity contribution in [2.75, 3.05) is 7.11 Å². The number of rotatable bonds is 5. The first-order valence-corrected chi connectivity index (χ1v) is 11.6. The van der Waals surface area contributed by atoms with Crippen LogP contribution >= 0.6 is 34.4 Å². The lowest BCUT2D eigenvalue weighted by molar-refractivity contribution is -0.114. The molecule has 1 N–H and O–H groups in total. The quantitative estimate of drug-likeness (QED) is 0.379. The predicted octanol–water partition coefficient (Wildman–Crippen LogP) is 4.93. The highest BCUT2D eigenvalue weighted by atomic mass is 127. The zero-order chi connectivity index (χ0) is 25.3. The molecule has 2 aromatic rings. The van der Waals surface area contributed by atoms with Crippen molar-refractivity contribution in [1.82, 2.24) is 5.01 Å². The number of amidine groups is 2. The van der Waals surface area contributed by atoms with Crippen molar-refractivity contribution in [1.29, 1.82) is 10.7 Å². The molecule has 8 nitrogen and oxygen atoms in total. The van der Waals surface area contributed by atoms with Crippen molar-refractivity contribution in [3.63, 3.8) is 0 Å². The second kappa shape index (κ2) is 9.70. The minimum absolute atomic E-state index is 0.114. The second-order valence-corrected chi connectivity index (χ2v) is 9.13. The van der Waals surface area contributed by atoms with E-state index in [0.717, 1.165) is 0 Å². The number of nitrogens with one attached hydrogen (secondary N) is 1. The number of amides is 1. The number of hydrogen-bond acceptors (Lipinski definition) is 7.